The minimum atomic E-state index is -0.185. The van der Waals surface area contributed by atoms with E-state index in [0.717, 1.165) is 22.6 Å². The second-order valence-electron chi connectivity index (χ2n) is 7.64. The molecule has 4 rings (SSSR count). The molecule has 1 N–H and O–H groups in total. The van der Waals surface area contributed by atoms with Gasteiger partial charge in [-0.15, -0.1) is 10.2 Å². The zero-order chi connectivity index (χ0) is 24.8. The number of aromatic nitrogens is 3. The Bertz CT molecular complexity index is 1280. The first-order valence-corrected chi connectivity index (χ1v) is 11.8. The van der Waals surface area contributed by atoms with E-state index < -0.39 is 0 Å². The minimum absolute atomic E-state index is 0.145. The van der Waals surface area contributed by atoms with Crippen molar-refractivity contribution in [3.63, 3.8) is 0 Å². The van der Waals surface area contributed by atoms with Gasteiger partial charge < -0.3 is 19.5 Å². The highest BCUT2D eigenvalue weighted by molar-refractivity contribution is 7.99. The number of aryl methyl sites for hydroxylation is 1. The van der Waals surface area contributed by atoms with E-state index in [1.165, 1.54) is 11.8 Å². The molecule has 0 aliphatic rings. The van der Waals surface area contributed by atoms with Crippen molar-refractivity contribution < 1.29 is 19.0 Å². The molecule has 0 aliphatic heterocycles. The maximum absolute atomic E-state index is 12.7. The molecule has 1 aromatic heterocycles. The van der Waals surface area contributed by atoms with Gasteiger partial charge in [-0.25, -0.2) is 0 Å². The fourth-order valence-corrected chi connectivity index (χ4v) is 4.18. The molecule has 0 saturated heterocycles. The first kappa shape index (κ1) is 24.2. The van der Waals surface area contributed by atoms with Gasteiger partial charge in [0.25, 0.3) is 0 Å². The molecule has 4 aromatic rings. The summed E-state index contributed by atoms with van der Waals surface area (Å²) in [5.41, 5.74) is 3.53. The van der Waals surface area contributed by atoms with E-state index in [1.54, 1.807) is 39.5 Å². The molecule has 3 aromatic carbocycles. The number of hydrogen-bond donors (Lipinski definition) is 1. The SMILES string of the molecule is COc1ccc(-c2nnc(SCC(=O)Nc3cc(OC)cc(OC)c3)n2-c2ccc(C)cc2)cc1. The molecule has 0 unspecified atom stereocenters. The lowest BCUT2D eigenvalue weighted by molar-refractivity contribution is -0.113. The number of methoxy groups -OCH3 is 3. The van der Waals surface area contributed by atoms with Gasteiger partial charge in [0.1, 0.15) is 17.2 Å². The second-order valence-corrected chi connectivity index (χ2v) is 8.59. The average Bonchev–Trinajstić information content (AvgIpc) is 3.31. The number of nitrogens with zero attached hydrogens (tertiary/aromatic N) is 3. The molecule has 0 radical (unpaired) electrons. The molecule has 0 saturated carbocycles. The van der Waals surface area contributed by atoms with Crippen molar-refractivity contribution in [2.45, 2.75) is 12.1 Å². The van der Waals surface area contributed by atoms with Gasteiger partial charge in [-0.2, -0.15) is 0 Å². The van der Waals surface area contributed by atoms with Crippen LogP contribution in [0, 0.1) is 6.92 Å². The summed E-state index contributed by atoms with van der Waals surface area (Å²) in [6, 6.07) is 20.9. The lowest BCUT2D eigenvalue weighted by Crippen LogP contribution is -2.14. The fraction of sp³-hybridized carbons (Fsp3) is 0.192. The Labute approximate surface area is 208 Å². The van der Waals surface area contributed by atoms with Crippen LogP contribution in [0.25, 0.3) is 17.1 Å². The Morgan fingerprint density at radius 3 is 2.09 bits per heavy atom. The van der Waals surface area contributed by atoms with Crippen LogP contribution in [0.1, 0.15) is 5.56 Å². The monoisotopic (exact) mass is 490 g/mol. The first-order chi connectivity index (χ1) is 17.0. The third-order valence-electron chi connectivity index (χ3n) is 5.24. The van der Waals surface area contributed by atoms with Crippen LogP contribution in [0.4, 0.5) is 5.69 Å². The quantitative estimate of drug-likeness (QED) is 0.330. The number of hydrogen-bond acceptors (Lipinski definition) is 7. The molecule has 1 heterocycles. The molecule has 0 bridgehead atoms. The maximum Gasteiger partial charge on any atom is 0.234 e. The Morgan fingerprint density at radius 1 is 0.857 bits per heavy atom. The van der Waals surface area contributed by atoms with E-state index in [1.807, 2.05) is 60.0 Å². The van der Waals surface area contributed by atoms with Crippen molar-refractivity contribution >= 4 is 23.4 Å². The third kappa shape index (κ3) is 5.75. The molecule has 180 valence electrons. The molecule has 0 aliphatic carbocycles. The predicted octanol–water partition coefficient (Wildman–Crippen LogP) is 5.00. The Kier molecular flexibility index (Phi) is 7.57. The summed E-state index contributed by atoms with van der Waals surface area (Å²) in [6.07, 6.45) is 0. The Morgan fingerprint density at radius 2 is 1.49 bits per heavy atom. The predicted molar refractivity (Wildman–Crippen MR) is 137 cm³/mol. The van der Waals surface area contributed by atoms with E-state index in [4.69, 9.17) is 14.2 Å². The molecule has 8 nitrogen and oxygen atoms in total. The van der Waals surface area contributed by atoms with E-state index in [2.05, 4.69) is 15.5 Å². The van der Waals surface area contributed by atoms with Gasteiger partial charge in [-0.05, 0) is 43.3 Å². The van der Waals surface area contributed by atoms with E-state index in [9.17, 15) is 4.79 Å². The second kappa shape index (κ2) is 11.0. The van der Waals surface area contributed by atoms with Crippen molar-refractivity contribution in [2.75, 3.05) is 32.4 Å². The molecule has 0 spiro atoms. The highest BCUT2D eigenvalue weighted by Gasteiger charge is 2.18. The zero-order valence-electron chi connectivity index (χ0n) is 19.9. The summed E-state index contributed by atoms with van der Waals surface area (Å²) in [4.78, 5) is 12.7. The van der Waals surface area contributed by atoms with Crippen LogP contribution in [0.2, 0.25) is 0 Å². The number of rotatable bonds is 9. The molecule has 35 heavy (non-hydrogen) atoms. The van der Waals surface area contributed by atoms with Crippen molar-refractivity contribution in [3.05, 3.63) is 72.3 Å². The zero-order valence-corrected chi connectivity index (χ0v) is 20.8. The smallest absolute Gasteiger partial charge is 0.234 e. The molecule has 1 amide bonds. The van der Waals surface area contributed by atoms with E-state index >= 15 is 0 Å². The largest absolute Gasteiger partial charge is 0.497 e. The number of carbonyl (C=O) groups excluding carboxylic acids is 1. The van der Waals surface area contributed by atoms with Gasteiger partial charge in [0.05, 0.1) is 27.1 Å². The molecular formula is C26H26N4O4S. The van der Waals surface area contributed by atoms with Crippen LogP contribution >= 0.6 is 11.8 Å². The van der Waals surface area contributed by atoms with E-state index in [0.29, 0.717) is 28.2 Å². The van der Waals surface area contributed by atoms with Crippen LogP contribution in [0.5, 0.6) is 17.2 Å². The van der Waals surface area contributed by atoms with E-state index in [-0.39, 0.29) is 11.7 Å². The summed E-state index contributed by atoms with van der Waals surface area (Å²) in [7, 11) is 4.76. The Hall–Kier alpha value is -3.98. The lowest BCUT2D eigenvalue weighted by atomic mass is 10.2. The van der Waals surface area contributed by atoms with Crippen LogP contribution in [-0.4, -0.2) is 47.8 Å². The Balaban J connectivity index is 1.58. The number of amides is 1. The third-order valence-corrected chi connectivity index (χ3v) is 6.17. The van der Waals surface area contributed by atoms with Crippen molar-refractivity contribution in [1.29, 1.82) is 0 Å². The fourth-order valence-electron chi connectivity index (χ4n) is 3.42. The number of thioether (sulfide) groups is 1. The summed E-state index contributed by atoms with van der Waals surface area (Å²) in [5.74, 6) is 2.58. The summed E-state index contributed by atoms with van der Waals surface area (Å²) >= 11 is 1.31. The summed E-state index contributed by atoms with van der Waals surface area (Å²) in [5, 5.41) is 12.3. The summed E-state index contributed by atoms with van der Waals surface area (Å²) in [6.45, 7) is 2.04. The van der Waals surface area contributed by atoms with Crippen LogP contribution in [0.3, 0.4) is 0 Å². The van der Waals surface area contributed by atoms with Gasteiger partial charge in [0, 0.05) is 35.1 Å². The van der Waals surface area contributed by atoms with Gasteiger partial charge in [0.15, 0.2) is 11.0 Å². The average molecular weight is 491 g/mol. The molecule has 0 fully saturated rings. The molecular weight excluding hydrogens is 464 g/mol. The molecule has 9 heteroatoms. The topological polar surface area (TPSA) is 87.5 Å². The van der Waals surface area contributed by atoms with Crippen molar-refractivity contribution in [1.82, 2.24) is 14.8 Å². The van der Waals surface area contributed by atoms with Crippen molar-refractivity contribution in [2.24, 2.45) is 0 Å². The van der Waals surface area contributed by atoms with Gasteiger partial charge in [0.2, 0.25) is 5.91 Å². The highest BCUT2D eigenvalue weighted by atomic mass is 32.2. The van der Waals surface area contributed by atoms with Gasteiger partial charge in [-0.1, -0.05) is 29.5 Å². The lowest BCUT2D eigenvalue weighted by Gasteiger charge is -2.12. The minimum Gasteiger partial charge on any atom is -0.497 e. The van der Waals surface area contributed by atoms with Crippen LogP contribution in [0.15, 0.2) is 71.9 Å². The van der Waals surface area contributed by atoms with Gasteiger partial charge >= 0.3 is 0 Å². The number of nitrogens with one attached hydrogen (secondary N) is 1. The number of benzene rings is 3. The molecule has 0 atom stereocenters. The first-order valence-electron chi connectivity index (χ1n) is 10.8. The number of anilines is 1. The highest BCUT2D eigenvalue weighted by Crippen LogP contribution is 2.30. The van der Waals surface area contributed by atoms with Crippen molar-refractivity contribution in [3.8, 4) is 34.3 Å². The number of carbonyl (C=O) groups is 1. The standard InChI is InChI=1S/C26H26N4O4S/c1-17-5-9-20(10-6-17)30-25(18-7-11-21(32-2)12-8-18)28-29-26(30)35-16-24(31)27-19-13-22(33-3)15-23(14-19)34-4/h5-15H,16H2,1-4H3,(H,27,31). The normalized spacial score (nSPS) is 10.6. The number of ether oxygens (including phenoxy) is 3. The van der Waals surface area contributed by atoms with Crippen LogP contribution < -0.4 is 19.5 Å². The maximum atomic E-state index is 12.7. The van der Waals surface area contributed by atoms with Gasteiger partial charge in [-0.3, -0.25) is 9.36 Å². The summed E-state index contributed by atoms with van der Waals surface area (Å²) < 4.78 is 17.8. The van der Waals surface area contributed by atoms with Crippen LogP contribution in [-0.2, 0) is 4.79 Å².